The van der Waals surface area contributed by atoms with Gasteiger partial charge in [0.05, 0.1) is 39.6 Å². The molecule has 0 spiro atoms. The summed E-state index contributed by atoms with van der Waals surface area (Å²) in [7, 11) is -3.80. The third-order valence-corrected chi connectivity index (χ3v) is 9.80. The molecule has 0 heterocycles. The van der Waals surface area contributed by atoms with Crippen molar-refractivity contribution >= 4 is 44.9 Å². The molecule has 0 saturated heterocycles. The summed E-state index contributed by atoms with van der Waals surface area (Å²) in [5, 5.41) is 0. The predicted octanol–water partition coefficient (Wildman–Crippen LogP) is 6.03. The number of hydrogen-bond donors (Lipinski definition) is 1. The van der Waals surface area contributed by atoms with E-state index in [1.807, 2.05) is 55.4 Å². The lowest BCUT2D eigenvalue weighted by Crippen LogP contribution is -2.05. The van der Waals surface area contributed by atoms with Crippen LogP contribution in [-0.2, 0) is 59.6 Å². The normalized spacial score (nSPS) is 12.9. The van der Waals surface area contributed by atoms with Crippen molar-refractivity contribution in [3.8, 4) is 0 Å². The highest BCUT2D eigenvalue weighted by Crippen LogP contribution is 2.66. The average Bonchev–Trinajstić information content (AvgIpc) is 2.59. The van der Waals surface area contributed by atoms with E-state index in [0.29, 0.717) is 26.4 Å². The van der Waals surface area contributed by atoms with Crippen LogP contribution in [-0.4, -0.2) is 44.5 Å². The van der Waals surface area contributed by atoms with Crippen molar-refractivity contribution in [3.05, 3.63) is 0 Å². The summed E-state index contributed by atoms with van der Waals surface area (Å²) in [6.45, 7) is 11.2. The first kappa shape index (κ1) is 33.4. The fraction of sp³-hybridized carbons (Fsp3) is 1.00. The molecule has 14 heteroatoms. The second-order valence-corrected chi connectivity index (χ2v) is 14.1. The molecule has 30 heavy (non-hydrogen) atoms. The van der Waals surface area contributed by atoms with Crippen molar-refractivity contribution in [1.82, 2.24) is 0 Å². The fourth-order valence-electron chi connectivity index (χ4n) is 1.45. The molecule has 184 valence electrons. The van der Waals surface area contributed by atoms with Gasteiger partial charge in [0, 0.05) is 0 Å². The van der Waals surface area contributed by atoms with Gasteiger partial charge in [-0.05, 0) is 63.1 Å². The number of phosphoric ester groups is 1. The minimum atomic E-state index is -3.80. The van der Waals surface area contributed by atoms with Crippen LogP contribution in [0.2, 0.25) is 0 Å². The molecule has 0 aromatic rings. The lowest BCUT2D eigenvalue weighted by atomic mass is 10.2. The van der Waals surface area contributed by atoms with Crippen molar-refractivity contribution in [2.75, 3.05) is 39.6 Å². The molecule has 0 aliphatic rings. The van der Waals surface area contributed by atoms with Crippen molar-refractivity contribution in [1.29, 1.82) is 0 Å². The fourth-order valence-corrected chi connectivity index (χ4v) is 8.87. The van der Waals surface area contributed by atoms with Gasteiger partial charge in [-0.15, -0.1) is 0 Å². The Bertz CT molecular complexity index is 512. The number of rotatable bonds is 16. The Hall–Kier alpha value is 1.21. The highest BCUT2D eigenvalue weighted by molar-refractivity contribution is 8.14. The molecule has 0 amide bonds. The molecule has 1 N–H and O–H groups in total. The zero-order valence-electron chi connectivity index (χ0n) is 19.3. The third kappa shape index (κ3) is 18.8. The monoisotopic (exact) mass is 532 g/mol. The molecule has 0 aliphatic carbocycles. The van der Waals surface area contributed by atoms with Gasteiger partial charge in [-0.2, -0.15) is 0 Å². The smallest absolute Gasteiger partial charge is 0.309 e. The zero-order valence-corrected chi connectivity index (χ0v) is 23.6. The van der Waals surface area contributed by atoms with Crippen LogP contribution >= 0.6 is 21.3 Å². The van der Waals surface area contributed by atoms with Crippen LogP contribution in [0.3, 0.4) is 0 Å². The molecular formula is C16H39O9P3S2. The Kier molecular flexibility index (Phi) is 19.6. The SMILES string of the molecule is CC(C)COP(=O)(O)OCC(C)C.CCOP(=S)(OCC)OP(=S)(OCC)OCC. The Balaban J connectivity index is 0. The van der Waals surface area contributed by atoms with Gasteiger partial charge >= 0.3 is 21.3 Å². The third-order valence-electron chi connectivity index (χ3n) is 2.49. The molecule has 0 bridgehead atoms. The second-order valence-electron chi connectivity index (χ2n) is 6.49. The van der Waals surface area contributed by atoms with E-state index in [2.05, 4.69) is 0 Å². The molecule has 0 radical (unpaired) electrons. The topological polar surface area (TPSA) is 102 Å². The lowest BCUT2D eigenvalue weighted by Gasteiger charge is -2.27. The van der Waals surface area contributed by atoms with Crippen LogP contribution in [0, 0.1) is 11.8 Å². The first-order chi connectivity index (χ1) is 13.8. The Morgan fingerprint density at radius 2 is 0.933 bits per heavy atom. The minimum absolute atomic E-state index is 0.225. The maximum atomic E-state index is 11.1. The van der Waals surface area contributed by atoms with Crippen LogP contribution < -0.4 is 0 Å². The van der Waals surface area contributed by atoms with Crippen molar-refractivity contribution in [2.24, 2.45) is 11.8 Å². The van der Waals surface area contributed by atoms with Gasteiger partial charge in [0.1, 0.15) is 0 Å². The summed E-state index contributed by atoms with van der Waals surface area (Å²) in [5.74, 6) is 0.450. The molecule has 0 fully saturated rings. The Morgan fingerprint density at radius 1 is 0.667 bits per heavy atom. The van der Waals surface area contributed by atoms with Gasteiger partial charge in [0.15, 0.2) is 0 Å². The largest absolute Gasteiger partial charge is 0.472 e. The molecular weight excluding hydrogens is 493 g/mol. The van der Waals surface area contributed by atoms with Gasteiger partial charge < -0.3 is 23.0 Å². The second kappa shape index (κ2) is 17.7. The Morgan fingerprint density at radius 3 is 1.13 bits per heavy atom. The van der Waals surface area contributed by atoms with E-state index in [-0.39, 0.29) is 25.0 Å². The van der Waals surface area contributed by atoms with Crippen LogP contribution in [0.4, 0.5) is 0 Å². The predicted molar refractivity (Wildman–Crippen MR) is 128 cm³/mol. The van der Waals surface area contributed by atoms with E-state index in [4.69, 9.17) is 60.0 Å². The van der Waals surface area contributed by atoms with Gasteiger partial charge in [-0.25, -0.2) is 8.88 Å². The quantitative estimate of drug-likeness (QED) is 0.236. The highest BCUT2D eigenvalue weighted by atomic mass is 32.5. The van der Waals surface area contributed by atoms with Gasteiger partial charge in [0.2, 0.25) is 0 Å². The van der Waals surface area contributed by atoms with Crippen molar-refractivity contribution < 1.29 is 40.9 Å². The summed E-state index contributed by atoms with van der Waals surface area (Å²) in [6, 6.07) is 0. The Labute approximate surface area is 192 Å². The van der Waals surface area contributed by atoms with Crippen LogP contribution in [0.15, 0.2) is 0 Å². The van der Waals surface area contributed by atoms with E-state index in [1.165, 1.54) is 0 Å². The molecule has 0 saturated carbocycles. The zero-order chi connectivity index (χ0) is 23.8. The van der Waals surface area contributed by atoms with Crippen LogP contribution in [0.1, 0.15) is 55.4 Å². The minimum Gasteiger partial charge on any atom is -0.309 e. The molecule has 9 nitrogen and oxygen atoms in total. The van der Waals surface area contributed by atoms with Gasteiger partial charge in [0.25, 0.3) is 0 Å². The summed E-state index contributed by atoms with van der Waals surface area (Å²) in [5.41, 5.74) is 0. The van der Waals surface area contributed by atoms with Crippen LogP contribution in [0.25, 0.3) is 0 Å². The van der Waals surface area contributed by atoms with Crippen molar-refractivity contribution in [2.45, 2.75) is 55.4 Å². The molecule has 0 unspecified atom stereocenters. The summed E-state index contributed by atoms with van der Waals surface area (Å²) >= 11 is 10.4. The summed E-state index contributed by atoms with van der Waals surface area (Å²) in [6.07, 6.45) is 0. The lowest BCUT2D eigenvalue weighted by molar-refractivity contribution is 0.126. The van der Waals surface area contributed by atoms with E-state index >= 15 is 0 Å². The van der Waals surface area contributed by atoms with Crippen LogP contribution in [0.5, 0.6) is 0 Å². The molecule has 0 aliphatic heterocycles. The highest BCUT2D eigenvalue weighted by Gasteiger charge is 2.32. The summed E-state index contributed by atoms with van der Waals surface area (Å²) < 4.78 is 47.5. The summed E-state index contributed by atoms with van der Waals surface area (Å²) in [4.78, 5) is 9.12. The van der Waals surface area contributed by atoms with E-state index in [0.717, 1.165) is 0 Å². The molecule has 0 aromatic carbocycles. The average molecular weight is 533 g/mol. The maximum absolute atomic E-state index is 11.1. The molecule has 0 atom stereocenters. The first-order valence-electron chi connectivity index (χ1n) is 9.89. The van der Waals surface area contributed by atoms with E-state index < -0.39 is 21.3 Å². The number of hydrogen-bond acceptors (Lipinski definition) is 10. The van der Waals surface area contributed by atoms with E-state index in [9.17, 15) is 4.57 Å². The van der Waals surface area contributed by atoms with Gasteiger partial charge in [-0.3, -0.25) is 9.05 Å². The standard InChI is InChI=1S/C8H20O5P2S2.C8H19O4P/c1-5-9-14(16,10-6-2)13-15(17,11-7-3)12-8-4;1-7(2)5-11-13(9,10)12-6-8(3)4/h5-8H2,1-4H3;7-8H,5-6H2,1-4H3,(H,9,10). The van der Waals surface area contributed by atoms with E-state index in [1.54, 1.807) is 0 Å². The first-order valence-corrected chi connectivity index (χ1v) is 16.5. The van der Waals surface area contributed by atoms with Crippen molar-refractivity contribution in [3.63, 3.8) is 0 Å². The van der Waals surface area contributed by atoms with Gasteiger partial charge in [-0.1, -0.05) is 27.7 Å². The number of phosphoric acid groups is 1. The molecule has 0 aromatic heterocycles. The maximum Gasteiger partial charge on any atom is 0.472 e. The molecule has 0 rings (SSSR count).